The zero-order valence-corrected chi connectivity index (χ0v) is 25.8. The van der Waals surface area contributed by atoms with E-state index >= 15 is 0 Å². The van der Waals surface area contributed by atoms with Gasteiger partial charge in [0.1, 0.15) is 5.75 Å². The molecule has 2 amide bonds. The Bertz CT molecular complexity index is 1040. The molecule has 1 heterocycles. The maximum atomic E-state index is 12.9. The average Bonchev–Trinajstić information content (AvgIpc) is 2.94. The number of carbonyl (C=O) groups is 3. The van der Waals surface area contributed by atoms with Gasteiger partial charge < -0.3 is 19.7 Å². The molecule has 8 nitrogen and oxygen atoms in total. The number of methoxy groups -OCH3 is 1. The van der Waals surface area contributed by atoms with E-state index in [0.29, 0.717) is 50.5 Å². The van der Waals surface area contributed by atoms with Gasteiger partial charge in [0.2, 0.25) is 11.8 Å². The third kappa shape index (κ3) is 9.34. The number of esters is 1. The summed E-state index contributed by atoms with van der Waals surface area (Å²) in [6, 6.07) is 5.57. The molecule has 1 aromatic rings. The maximum Gasteiger partial charge on any atom is 0.305 e. The van der Waals surface area contributed by atoms with E-state index in [2.05, 4.69) is 28.8 Å². The van der Waals surface area contributed by atoms with E-state index in [0.717, 1.165) is 55.0 Å². The lowest BCUT2D eigenvalue weighted by molar-refractivity contribution is -0.140. The highest BCUT2D eigenvalue weighted by atomic mass is 35.5. The van der Waals surface area contributed by atoms with Crippen LogP contribution in [0.1, 0.15) is 77.2 Å². The van der Waals surface area contributed by atoms with Crippen LogP contribution in [-0.2, 0) is 25.7 Å². The van der Waals surface area contributed by atoms with E-state index in [1.165, 1.54) is 32.8 Å². The molecule has 2 bridgehead atoms. The summed E-state index contributed by atoms with van der Waals surface area (Å²) in [6.07, 6.45) is 8.92. The largest absolute Gasteiger partial charge is 0.493 e. The highest BCUT2D eigenvalue weighted by molar-refractivity contribution is 6.30. The quantitative estimate of drug-likeness (QED) is 0.271. The maximum absolute atomic E-state index is 12.9. The number of piperazine rings is 1. The molecule has 9 heteroatoms. The van der Waals surface area contributed by atoms with Crippen LogP contribution in [0.5, 0.6) is 5.75 Å². The standard InChI is InChI=1S/C32H48ClN3O5/c1-4-23-14-24-16-25(15-23)19-32(2,18-24)20-29(37)34-21-30(38)36-11-9-35(10-12-36)22-26-17-27(33)7-8-28(26)41-13-5-6-31(39)40-3/h7-8,17,23-25H,4-6,9-16,18-22H2,1-3H3,(H,34,37). The van der Waals surface area contributed by atoms with Gasteiger partial charge in [-0.05, 0) is 79.9 Å². The van der Waals surface area contributed by atoms with Crippen LogP contribution in [-0.4, -0.2) is 74.0 Å². The van der Waals surface area contributed by atoms with Crippen LogP contribution in [0.25, 0.3) is 0 Å². The van der Waals surface area contributed by atoms with Crippen molar-refractivity contribution in [1.29, 1.82) is 0 Å². The summed E-state index contributed by atoms with van der Waals surface area (Å²) in [5, 5.41) is 3.57. The molecule has 1 N–H and O–H groups in total. The van der Waals surface area contributed by atoms with Gasteiger partial charge in [-0.15, -0.1) is 0 Å². The van der Waals surface area contributed by atoms with Crippen LogP contribution < -0.4 is 10.1 Å². The minimum Gasteiger partial charge on any atom is -0.493 e. The van der Waals surface area contributed by atoms with Crippen molar-refractivity contribution in [2.45, 2.75) is 78.2 Å². The van der Waals surface area contributed by atoms with E-state index in [9.17, 15) is 14.4 Å². The van der Waals surface area contributed by atoms with Gasteiger partial charge in [-0.25, -0.2) is 0 Å². The number of hydrogen-bond donors (Lipinski definition) is 1. The first kappa shape index (κ1) is 31.6. The number of hydrogen-bond acceptors (Lipinski definition) is 6. The van der Waals surface area contributed by atoms with Crippen molar-refractivity contribution in [3.8, 4) is 5.75 Å². The van der Waals surface area contributed by atoms with Crippen LogP contribution in [0.3, 0.4) is 0 Å². The predicted molar refractivity (Wildman–Crippen MR) is 160 cm³/mol. The van der Waals surface area contributed by atoms with Gasteiger partial charge in [-0.2, -0.15) is 0 Å². The number of amides is 2. The zero-order valence-electron chi connectivity index (χ0n) is 25.1. The topological polar surface area (TPSA) is 88.2 Å². The van der Waals surface area contributed by atoms with Crippen LogP contribution in [0, 0.1) is 23.2 Å². The van der Waals surface area contributed by atoms with Crippen molar-refractivity contribution in [3.63, 3.8) is 0 Å². The van der Waals surface area contributed by atoms with E-state index in [-0.39, 0.29) is 29.7 Å². The SMILES string of the molecule is CCC1CC2CC(C1)CC(C)(CC(=O)NCC(=O)N1CCN(Cc3cc(Cl)ccc3OCCCC(=O)OC)CC1)C2. The number of ether oxygens (including phenoxy) is 2. The molecule has 0 spiro atoms. The zero-order chi connectivity index (χ0) is 29.4. The normalized spacial score (nSPS) is 26.3. The monoisotopic (exact) mass is 589 g/mol. The smallest absolute Gasteiger partial charge is 0.305 e. The summed E-state index contributed by atoms with van der Waals surface area (Å²) in [5.41, 5.74) is 1.03. The molecular weight excluding hydrogens is 542 g/mol. The Morgan fingerprint density at radius 1 is 1.07 bits per heavy atom. The first-order chi connectivity index (χ1) is 19.7. The number of rotatable bonds is 12. The highest BCUT2D eigenvalue weighted by Gasteiger charge is 2.42. The molecule has 3 aliphatic rings. The van der Waals surface area contributed by atoms with E-state index in [1.54, 1.807) is 6.07 Å². The van der Waals surface area contributed by atoms with Crippen molar-refractivity contribution in [1.82, 2.24) is 15.1 Å². The van der Waals surface area contributed by atoms with E-state index in [4.69, 9.17) is 16.3 Å². The van der Waals surface area contributed by atoms with Crippen molar-refractivity contribution in [2.75, 3.05) is 46.4 Å². The van der Waals surface area contributed by atoms with Crippen LogP contribution in [0.2, 0.25) is 5.02 Å². The first-order valence-electron chi connectivity index (χ1n) is 15.4. The molecule has 1 aliphatic heterocycles. The first-order valence-corrected chi connectivity index (χ1v) is 15.8. The van der Waals surface area contributed by atoms with Gasteiger partial charge in [0.05, 0.1) is 20.3 Å². The van der Waals surface area contributed by atoms with Gasteiger partial charge in [0.15, 0.2) is 0 Å². The summed E-state index contributed by atoms with van der Waals surface area (Å²) < 4.78 is 10.6. The summed E-state index contributed by atoms with van der Waals surface area (Å²) >= 11 is 6.26. The minimum atomic E-state index is -0.248. The van der Waals surface area contributed by atoms with Gasteiger partial charge in [0.25, 0.3) is 0 Å². The van der Waals surface area contributed by atoms with Crippen molar-refractivity contribution in [3.05, 3.63) is 28.8 Å². The summed E-state index contributed by atoms with van der Waals surface area (Å²) in [7, 11) is 1.38. The molecule has 4 rings (SSSR count). The lowest BCUT2D eigenvalue weighted by Gasteiger charge is -2.47. The fourth-order valence-corrected chi connectivity index (χ4v) is 7.63. The van der Waals surface area contributed by atoms with Gasteiger partial charge in [0, 0.05) is 56.2 Å². The highest BCUT2D eigenvalue weighted by Crippen LogP contribution is 2.52. The second-order valence-corrected chi connectivity index (χ2v) is 13.3. The molecule has 1 aromatic carbocycles. The Hall–Kier alpha value is -2.32. The summed E-state index contributed by atoms with van der Waals surface area (Å²) in [5.74, 6) is 2.86. The van der Waals surface area contributed by atoms with Crippen LogP contribution in [0.15, 0.2) is 18.2 Å². The van der Waals surface area contributed by atoms with Crippen molar-refractivity contribution in [2.24, 2.45) is 23.2 Å². The fraction of sp³-hybridized carbons (Fsp3) is 0.719. The Morgan fingerprint density at radius 3 is 2.44 bits per heavy atom. The molecule has 0 aromatic heterocycles. The molecule has 1 saturated heterocycles. The minimum absolute atomic E-state index is 0.00609. The van der Waals surface area contributed by atoms with Crippen LogP contribution >= 0.6 is 11.6 Å². The number of nitrogens with one attached hydrogen (secondary N) is 1. The van der Waals surface area contributed by atoms with Crippen molar-refractivity contribution >= 4 is 29.4 Å². The molecule has 3 fully saturated rings. The van der Waals surface area contributed by atoms with Gasteiger partial charge in [-0.3, -0.25) is 19.3 Å². The molecule has 228 valence electrons. The molecule has 41 heavy (non-hydrogen) atoms. The molecule has 2 atom stereocenters. The molecular formula is C32H48ClN3O5. The Morgan fingerprint density at radius 2 is 1.78 bits per heavy atom. The lowest BCUT2D eigenvalue weighted by Crippen LogP contribution is -2.51. The number of fused-ring (bicyclic) bond motifs is 2. The van der Waals surface area contributed by atoms with Crippen molar-refractivity contribution < 1.29 is 23.9 Å². The molecule has 0 radical (unpaired) electrons. The Labute approximate surface area is 250 Å². The molecule has 2 saturated carbocycles. The second kappa shape index (κ2) is 14.7. The third-order valence-corrected chi connectivity index (χ3v) is 9.55. The van der Waals surface area contributed by atoms with Crippen LogP contribution in [0.4, 0.5) is 0 Å². The second-order valence-electron chi connectivity index (χ2n) is 12.8. The molecule has 2 unspecified atom stereocenters. The van der Waals surface area contributed by atoms with E-state index < -0.39 is 0 Å². The Balaban J connectivity index is 1.18. The third-order valence-electron chi connectivity index (χ3n) is 9.32. The average molecular weight is 590 g/mol. The van der Waals surface area contributed by atoms with E-state index in [1.807, 2.05) is 17.0 Å². The van der Waals surface area contributed by atoms with Gasteiger partial charge in [-0.1, -0.05) is 31.9 Å². The van der Waals surface area contributed by atoms with Gasteiger partial charge >= 0.3 is 5.97 Å². The Kier molecular flexibility index (Phi) is 11.4. The predicted octanol–water partition coefficient (Wildman–Crippen LogP) is 5.07. The number of benzene rings is 1. The fourth-order valence-electron chi connectivity index (χ4n) is 7.44. The number of nitrogens with zero attached hydrogens (tertiary/aromatic N) is 2. The summed E-state index contributed by atoms with van der Waals surface area (Å²) in [4.78, 5) is 41.2. The number of carbonyl (C=O) groups excluding carboxylic acids is 3. The summed E-state index contributed by atoms with van der Waals surface area (Å²) in [6.45, 7) is 8.41. The lowest BCUT2D eigenvalue weighted by atomic mass is 9.58. The molecule has 2 aliphatic carbocycles. The number of halogens is 1.